The highest BCUT2D eigenvalue weighted by Gasteiger charge is 2.28. The molecule has 1 aromatic carbocycles. The van der Waals surface area contributed by atoms with Gasteiger partial charge in [0.05, 0.1) is 6.42 Å². The first kappa shape index (κ1) is 10.2. The fourth-order valence-corrected chi connectivity index (χ4v) is 2.03. The van der Waals surface area contributed by atoms with Crippen LogP contribution in [0, 0.1) is 5.92 Å². The molecule has 0 aliphatic heterocycles. The zero-order valence-corrected chi connectivity index (χ0v) is 8.94. The highest BCUT2D eigenvalue weighted by atomic mass is 16.4. The Morgan fingerprint density at radius 2 is 2.27 bits per heavy atom. The zero-order valence-electron chi connectivity index (χ0n) is 8.94. The van der Waals surface area contributed by atoms with E-state index >= 15 is 0 Å². The summed E-state index contributed by atoms with van der Waals surface area (Å²) >= 11 is 0. The van der Waals surface area contributed by atoms with Gasteiger partial charge >= 0.3 is 5.97 Å². The largest absolute Gasteiger partial charge is 0.481 e. The van der Waals surface area contributed by atoms with Gasteiger partial charge in [0.1, 0.15) is 0 Å². The fraction of sp³-hybridized carbons (Fsp3) is 0.462. The van der Waals surface area contributed by atoms with Gasteiger partial charge in [-0.25, -0.2) is 0 Å². The molecule has 1 aliphatic carbocycles. The Bertz CT molecular complexity index is 367. The molecule has 1 unspecified atom stereocenters. The zero-order chi connectivity index (χ0) is 10.8. The van der Waals surface area contributed by atoms with Gasteiger partial charge in [-0.2, -0.15) is 0 Å². The summed E-state index contributed by atoms with van der Waals surface area (Å²) in [5.41, 5.74) is 2.20. The van der Waals surface area contributed by atoms with E-state index in [1.807, 2.05) is 18.2 Å². The number of carbonyl (C=O) groups is 1. The van der Waals surface area contributed by atoms with Crippen LogP contribution in [0.15, 0.2) is 24.3 Å². The normalized spacial score (nSPS) is 17.4. The van der Waals surface area contributed by atoms with Crippen molar-refractivity contribution in [1.82, 2.24) is 0 Å². The highest BCUT2D eigenvalue weighted by molar-refractivity contribution is 5.70. The van der Waals surface area contributed by atoms with Crippen molar-refractivity contribution in [2.75, 3.05) is 0 Å². The minimum Gasteiger partial charge on any atom is -0.481 e. The number of carboxylic acid groups (broad SMARTS) is 1. The maximum Gasteiger partial charge on any atom is 0.307 e. The average molecular weight is 204 g/mol. The Morgan fingerprint density at radius 3 is 2.87 bits per heavy atom. The van der Waals surface area contributed by atoms with Crippen LogP contribution in [-0.2, 0) is 11.2 Å². The molecule has 1 fully saturated rings. The Morgan fingerprint density at radius 1 is 1.53 bits per heavy atom. The quantitative estimate of drug-likeness (QED) is 0.818. The molecule has 1 N–H and O–H groups in total. The van der Waals surface area contributed by atoms with E-state index in [1.54, 1.807) is 0 Å². The van der Waals surface area contributed by atoms with Crippen LogP contribution in [0.3, 0.4) is 0 Å². The van der Waals surface area contributed by atoms with Gasteiger partial charge in [0.15, 0.2) is 0 Å². The molecule has 0 heterocycles. The average Bonchev–Trinajstić information content (AvgIpc) is 2.99. The van der Waals surface area contributed by atoms with Crippen LogP contribution in [0.2, 0.25) is 0 Å². The van der Waals surface area contributed by atoms with Gasteiger partial charge < -0.3 is 5.11 Å². The summed E-state index contributed by atoms with van der Waals surface area (Å²) in [6.07, 6.45) is 2.78. The van der Waals surface area contributed by atoms with Crippen LogP contribution in [0.25, 0.3) is 0 Å². The van der Waals surface area contributed by atoms with Crippen LogP contribution in [0.4, 0.5) is 0 Å². The van der Waals surface area contributed by atoms with Crippen LogP contribution < -0.4 is 0 Å². The van der Waals surface area contributed by atoms with E-state index in [-0.39, 0.29) is 6.42 Å². The Kier molecular flexibility index (Phi) is 2.76. The predicted molar refractivity (Wildman–Crippen MR) is 58.9 cm³/mol. The second kappa shape index (κ2) is 4.05. The summed E-state index contributed by atoms with van der Waals surface area (Å²) in [4.78, 5) is 10.6. The van der Waals surface area contributed by atoms with Crippen LogP contribution >= 0.6 is 0 Å². The highest BCUT2D eigenvalue weighted by Crippen LogP contribution is 2.42. The third-order valence-electron chi connectivity index (χ3n) is 3.16. The van der Waals surface area contributed by atoms with Crippen LogP contribution in [-0.4, -0.2) is 11.1 Å². The molecule has 1 aromatic rings. The van der Waals surface area contributed by atoms with E-state index in [0.717, 1.165) is 11.5 Å². The topological polar surface area (TPSA) is 37.3 Å². The summed E-state index contributed by atoms with van der Waals surface area (Å²) in [7, 11) is 0. The van der Waals surface area contributed by atoms with Crippen molar-refractivity contribution >= 4 is 5.97 Å². The lowest BCUT2D eigenvalue weighted by Gasteiger charge is -2.11. The maximum absolute atomic E-state index is 10.6. The Balaban J connectivity index is 2.14. The number of hydrogen-bond donors (Lipinski definition) is 1. The molecule has 2 heteroatoms. The van der Waals surface area contributed by atoms with Crippen LogP contribution in [0.1, 0.15) is 36.8 Å². The van der Waals surface area contributed by atoms with Crippen molar-refractivity contribution in [3.63, 3.8) is 0 Å². The van der Waals surface area contributed by atoms with Crippen molar-refractivity contribution in [3.05, 3.63) is 35.4 Å². The van der Waals surface area contributed by atoms with Crippen molar-refractivity contribution in [2.45, 2.75) is 32.1 Å². The van der Waals surface area contributed by atoms with E-state index in [2.05, 4.69) is 13.0 Å². The molecule has 15 heavy (non-hydrogen) atoms. The number of benzene rings is 1. The third kappa shape index (κ3) is 2.58. The minimum absolute atomic E-state index is 0.130. The van der Waals surface area contributed by atoms with Crippen LogP contribution in [0.5, 0.6) is 0 Å². The number of hydrogen-bond acceptors (Lipinski definition) is 1. The summed E-state index contributed by atoms with van der Waals surface area (Å²) < 4.78 is 0. The molecule has 0 amide bonds. The molecule has 1 aliphatic rings. The summed E-state index contributed by atoms with van der Waals surface area (Å²) in [5.74, 6) is 0.648. The van der Waals surface area contributed by atoms with Gasteiger partial charge in [-0.1, -0.05) is 31.2 Å². The molecule has 0 aromatic heterocycles. The predicted octanol–water partition coefficient (Wildman–Crippen LogP) is 2.83. The van der Waals surface area contributed by atoms with Gasteiger partial charge in [0, 0.05) is 0 Å². The second-order valence-electron chi connectivity index (χ2n) is 4.44. The van der Waals surface area contributed by atoms with Crippen molar-refractivity contribution in [3.8, 4) is 0 Å². The summed E-state index contributed by atoms with van der Waals surface area (Å²) in [5, 5.41) is 8.72. The lowest BCUT2D eigenvalue weighted by Crippen LogP contribution is -2.02. The van der Waals surface area contributed by atoms with E-state index in [1.165, 1.54) is 18.4 Å². The van der Waals surface area contributed by atoms with Gasteiger partial charge in [0.25, 0.3) is 0 Å². The van der Waals surface area contributed by atoms with E-state index in [9.17, 15) is 4.79 Å². The number of carboxylic acids is 1. The third-order valence-corrected chi connectivity index (χ3v) is 3.16. The van der Waals surface area contributed by atoms with Gasteiger partial charge in [-0.05, 0) is 35.8 Å². The molecule has 1 saturated carbocycles. The van der Waals surface area contributed by atoms with Crippen molar-refractivity contribution < 1.29 is 9.90 Å². The Hall–Kier alpha value is -1.31. The molecule has 0 saturated heterocycles. The Labute approximate surface area is 89.9 Å². The molecule has 1 atom stereocenters. The van der Waals surface area contributed by atoms with Gasteiger partial charge in [0.2, 0.25) is 0 Å². The first-order valence-corrected chi connectivity index (χ1v) is 5.47. The standard InChI is InChI=1S/C13H16O2/c1-9(11-5-6-11)12-4-2-3-10(7-12)8-13(14)15/h2-4,7,9,11H,5-6,8H2,1H3,(H,14,15). The molecule has 2 nitrogen and oxygen atoms in total. The minimum atomic E-state index is -0.758. The molecule has 0 radical (unpaired) electrons. The van der Waals surface area contributed by atoms with Gasteiger partial charge in [-0.15, -0.1) is 0 Å². The molecular formula is C13H16O2. The van der Waals surface area contributed by atoms with Gasteiger partial charge in [-0.3, -0.25) is 4.79 Å². The molecule has 0 spiro atoms. The van der Waals surface area contributed by atoms with E-state index in [4.69, 9.17) is 5.11 Å². The lowest BCUT2D eigenvalue weighted by molar-refractivity contribution is -0.136. The van der Waals surface area contributed by atoms with E-state index < -0.39 is 5.97 Å². The number of aliphatic carboxylic acids is 1. The maximum atomic E-state index is 10.6. The SMILES string of the molecule is CC(c1cccc(CC(=O)O)c1)C1CC1. The summed E-state index contributed by atoms with van der Waals surface area (Å²) in [6.45, 7) is 2.23. The number of rotatable bonds is 4. The molecule has 0 bridgehead atoms. The molecular weight excluding hydrogens is 188 g/mol. The van der Waals surface area contributed by atoms with Crippen molar-refractivity contribution in [1.29, 1.82) is 0 Å². The fourth-order valence-electron chi connectivity index (χ4n) is 2.03. The monoisotopic (exact) mass is 204 g/mol. The molecule has 2 rings (SSSR count). The second-order valence-corrected chi connectivity index (χ2v) is 4.44. The van der Waals surface area contributed by atoms with E-state index in [0.29, 0.717) is 5.92 Å². The summed E-state index contributed by atoms with van der Waals surface area (Å²) in [6, 6.07) is 8.00. The lowest BCUT2D eigenvalue weighted by atomic mass is 9.94. The first-order valence-electron chi connectivity index (χ1n) is 5.47. The molecule has 80 valence electrons. The van der Waals surface area contributed by atoms with Crippen molar-refractivity contribution in [2.24, 2.45) is 5.92 Å². The first-order chi connectivity index (χ1) is 7.16. The smallest absolute Gasteiger partial charge is 0.307 e.